The van der Waals surface area contributed by atoms with E-state index in [0.29, 0.717) is 12.5 Å². The lowest BCUT2D eigenvalue weighted by molar-refractivity contribution is 0.252. The molecule has 4 nitrogen and oxygen atoms in total. The van der Waals surface area contributed by atoms with Crippen LogP contribution in [0.3, 0.4) is 0 Å². The van der Waals surface area contributed by atoms with Crippen LogP contribution in [-0.4, -0.2) is 19.7 Å². The molecule has 25 heavy (non-hydrogen) atoms. The normalized spacial score (nSPS) is 10.6. The Labute approximate surface area is 158 Å². The molecule has 2 aromatic carbocycles. The van der Waals surface area contributed by atoms with Gasteiger partial charge < -0.3 is 15.4 Å². The van der Waals surface area contributed by atoms with E-state index in [1.165, 1.54) is 0 Å². The molecule has 2 amide bonds. The number of ether oxygens (including phenoxy) is 1. The van der Waals surface area contributed by atoms with Crippen LogP contribution in [0, 0.1) is 6.92 Å². The van der Waals surface area contributed by atoms with Crippen molar-refractivity contribution in [2.75, 3.05) is 19.0 Å². The molecule has 0 heterocycles. The van der Waals surface area contributed by atoms with Gasteiger partial charge in [0.05, 0.1) is 11.6 Å². The lowest BCUT2D eigenvalue weighted by atomic mass is 9.98. The number of para-hydroxylation sites is 1. The number of amides is 2. The highest BCUT2D eigenvalue weighted by Gasteiger charge is 2.11. The summed E-state index contributed by atoms with van der Waals surface area (Å²) in [5, 5.41) is 5.92. The van der Waals surface area contributed by atoms with Gasteiger partial charge in [-0.05, 0) is 64.0 Å². The van der Waals surface area contributed by atoms with E-state index in [4.69, 9.17) is 4.74 Å². The van der Waals surface area contributed by atoms with Crippen molar-refractivity contribution < 1.29 is 9.53 Å². The number of halogens is 1. The van der Waals surface area contributed by atoms with E-state index in [2.05, 4.69) is 46.5 Å². The van der Waals surface area contributed by atoms with E-state index in [0.717, 1.165) is 39.0 Å². The van der Waals surface area contributed by atoms with Crippen molar-refractivity contribution in [2.24, 2.45) is 0 Å². The maximum absolute atomic E-state index is 12.2. The van der Waals surface area contributed by atoms with E-state index in [9.17, 15) is 4.79 Å². The molecule has 0 atom stereocenters. The summed E-state index contributed by atoms with van der Waals surface area (Å²) in [5.41, 5.74) is 4.25. The number of carbonyl (C=O) groups excluding carboxylic acids is 1. The second-order valence-electron chi connectivity index (χ2n) is 6.29. The Bertz CT molecular complexity index is 744. The minimum atomic E-state index is -0.177. The van der Waals surface area contributed by atoms with Gasteiger partial charge in [-0.2, -0.15) is 0 Å². The average Bonchev–Trinajstić information content (AvgIpc) is 2.56. The van der Waals surface area contributed by atoms with Gasteiger partial charge in [0.15, 0.2) is 0 Å². The topological polar surface area (TPSA) is 50.4 Å². The van der Waals surface area contributed by atoms with Crippen LogP contribution in [0.25, 0.3) is 0 Å². The van der Waals surface area contributed by atoms with Gasteiger partial charge in [-0.25, -0.2) is 4.79 Å². The van der Waals surface area contributed by atoms with Crippen molar-refractivity contribution >= 4 is 27.6 Å². The van der Waals surface area contributed by atoms with Gasteiger partial charge in [0.1, 0.15) is 5.75 Å². The molecule has 0 fully saturated rings. The Morgan fingerprint density at radius 3 is 2.64 bits per heavy atom. The van der Waals surface area contributed by atoms with Crippen molar-refractivity contribution in [3.05, 3.63) is 57.6 Å². The zero-order valence-corrected chi connectivity index (χ0v) is 16.7. The van der Waals surface area contributed by atoms with Crippen LogP contribution in [-0.2, 0) is 6.42 Å². The largest absolute Gasteiger partial charge is 0.496 e. The third kappa shape index (κ3) is 5.23. The monoisotopic (exact) mass is 404 g/mol. The first-order chi connectivity index (χ1) is 11.9. The fraction of sp³-hybridized carbons (Fsp3) is 0.350. The van der Waals surface area contributed by atoms with E-state index < -0.39 is 0 Å². The lowest BCUT2D eigenvalue weighted by Gasteiger charge is -2.17. The number of rotatable bonds is 6. The summed E-state index contributed by atoms with van der Waals surface area (Å²) >= 11 is 3.48. The number of carbonyl (C=O) groups is 1. The number of urea groups is 1. The predicted molar refractivity (Wildman–Crippen MR) is 107 cm³/mol. The predicted octanol–water partition coefficient (Wildman–Crippen LogP) is 5.25. The van der Waals surface area contributed by atoms with E-state index >= 15 is 0 Å². The third-order valence-corrected chi connectivity index (χ3v) is 4.70. The first kappa shape index (κ1) is 19.3. The summed E-state index contributed by atoms with van der Waals surface area (Å²) in [6.07, 6.45) is 0.751. The first-order valence-electron chi connectivity index (χ1n) is 8.39. The third-order valence-electron chi connectivity index (χ3n) is 4.08. The molecule has 0 aromatic heterocycles. The second kappa shape index (κ2) is 8.90. The van der Waals surface area contributed by atoms with Crippen molar-refractivity contribution in [3.63, 3.8) is 0 Å². The standard InChI is InChI=1S/C20H25BrN2O2/c1-13(2)16-7-5-6-14(3)19(16)23-20(24)22-11-10-15-8-9-18(25-4)17(21)12-15/h5-9,12-13H,10-11H2,1-4H3,(H2,22,23,24). The number of benzene rings is 2. The molecule has 134 valence electrons. The molecule has 2 rings (SSSR count). The quantitative estimate of drug-likeness (QED) is 0.689. The van der Waals surface area contributed by atoms with Crippen molar-refractivity contribution in [1.82, 2.24) is 5.32 Å². The number of anilines is 1. The highest BCUT2D eigenvalue weighted by atomic mass is 79.9. The Kier molecular flexibility index (Phi) is 6.88. The van der Waals surface area contributed by atoms with Crippen LogP contribution in [0.15, 0.2) is 40.9 Å². The zero-order valence-electron chi connectivity index (χ0n) is 15.2. The van der Waals surface area contributed by atoms with Gasteiger partial charge in [-0.3, -0.25) is 0 Å². The number of methoxy groups -OCH3 is 1. The van der Waals surface area contributed by atoms with Gasteiger partial charge in [0.25, 0.3) is 0 Å². The molecule has 0 aliphatic carbocycles. The lowest BCUT2D eigenvalue weighted by Crippen LogP contribution is -2.31. The molecule has 0 saturated carbocycles. The molecule has 0 aliphatic rings. The van der Waals surface area contributed by atoms with Crippen LogP contribution in [0.1, 0.15) is 36.5 Å². The van der Waals surface area contributed by atoms with E-state index in [1.807, 2.05) is 37.3 Å². The highest BCUT2D eigenvalue weighted by Crippen LogP contribution is 2.27. The Hall–Kier alpha value is -2.01. The van der Waals surface area contributed by atoms with Crippen LogP contribution in [0.5, 0.6) is 5.75 Å². The van der Waals surface area contributed by atoms with E-state index in [1.54, 1.807) is 7.11 Å². The summed E-state index contributed by atoms with van der Waals surface area (Å²) in [6, 6.07) is 11.8. The summed E-state index contributed by atoms with van der Waals surface area (Å²) in [7, 11) is 1.64. The Morgan fingerprint density at radius 1 is 1.24 bits per heavy atom. The van der Waals surface area contributed by atoms with Gasteiger partial charge in [0, 0.05) is 12.2 Å². The van der Waals surface area contributed by atoms with Gasteiger partial charge in [0.2, 0.25) is 0 Å². The SMILES string of the molecule is COc1ccc(CCNC(=O)Nc2c(C)cccc2C(C)C)cc1Br. The molecule has 0 saturated heterocycles. The summed E-state index contributed by atoms with van der Waals surface area (Å²) in [5.74, 6) is 1.15. The van der Waals surface area contributed by atoms with Crippen LogP contribution >= 0.6 is 15.9 Å². The number of hydrogen-bond donors (Lipinski definition) is 2. The van der Waals surface area contributed by atoms with E-state index in [-0.39, 0.29) is 6.03 Å². The van der Waals surface area contributed by atoms with Gasteiger partial charge in [-0.1, -0.05) is 38.1 Å². The molecule has 0 bridgehead atoms. The molecule has 0 unspecified atom stereocenters. The van der Waals surface area contributed by atoms with Crippen LogP contribution in [0.2, 0.25) is 0 Å². The van der Waals surface area contributed by atoms with Crippen molar-refractivity contribution in [1.29, 1.82) is 0 Å². The summed E-state index contributed by atoms with van der Waals surface area (Å²) < 4.78 is 6.14. The maximum atomic E-state index is 12.2. The Morgan fingerprint density at radius 2 is 2.00 bits per heavy atom. The van der Waals surface area contributed by atoms with Crippen molar-refractivity contribution in [2.45, 2.75) is 33.1 Å². The van der Waals surface area contributed by atoms with Gasteiger partial charge in [-0.15, -0.1) is 0 Å². The number of aryl methyl sites for hydroxylation is 1. The second-order valence-corrected chi connectivity index (χ2v) is 7.15. The zero-order chi connectivity index (χ0) is 18.4. The number of hydrogen-bond acceptors (Lipinski definition) is 2. The molecule has 5 heteroatoms. The smallest absolute Gasteiger partial charge is 0.319 e. The summed E-state index contributed by atoms with van der Waals surface area (Å²) in [4.78, 5) is 12.2. The minimum absolute atomic E-state index is 0.177. The Balaban J connectivity index is 1.93. The molecule has 0 spiro atoms. The highest BCUT2D eigenvalue weighted by molar-refractivity contribution is 9.10. The maximum Gasteiger partial charge on any atom is 0.319 e. The minimum Gasteiger partial charge on any atom is -0.496 e. The molecular formula is C20H25BrN2O2. The van der Waals surface area contributed by atoms with Crippen molar-refractivity contribution in [3.8, 4) is 5.75 Å². The van der Waals surface area contributed by atoms with Gasteiger partial charge >= 0.3 is 6.03 Å². The molecule has 0 radical (unpaired) electrons. The van der Waals surface area contributed by atoms with Crippen LogP contribution < -0.4 is 15.4 Å². The molecule has 0 aliphatic heterocycles. The summed E-state index contributed by atoms with van der Waals surface area (Å²) in [6.45, 7) is 6.82. The molecular weight excluding hydrogens is 380 g/mol. The molecule has 2 N–H and O–H groups in total. The average molecular weight is 405 g/mol. The molecule has 2 aromatic rings. The number of nitrogens with one attached hydrogen (secondary N) is 2. The fourth-order valence-electron chi connectivity index (χ4n) is 2.69. The van der Waals surface area contributed by atoms with Crippen LogP contribution in [0.4, 0.5) is 10.5 Å². The fourth-order valence-corrected chi connectivity index (χ4v) is 3.27. The first-order valence-corrected chi connectivity index (χ1v) is 9.18.